The summed E-state index contributed by atoms with van der Waals surface area (Å²) in [5.74, 6) is 0. The van der Waals surface area contributed by atoms with Gasteiger partial charge in [0.1, 0.15) is 0 Å². The highest BCUT2D eigenvalue weighted by atomic mass is 79.9. The van der Waals surface area contributed by atoms with Crippen molar-refractivity contribution in [2.75, 3.05) is 6.54 Å². The highest BCUT2D eigenvalue weighted by molar-refractivity contribution is 9.10. The second-order valence-electron chi connectivity index (χ2n) is 5.30. The van der Waals surface area contributed by atoms with Gasteiger partial charge in [0.05, 0.1) is 6.10 Å². The van der Waals surface area contributed by atoms with Crippen molar-refractivity contribution < 1.29 is 5.11 Å². The molecular weight excluding hydrogens is 326 g/mol. The average Bonchev–Trinajstić information content (AvgIpc) is 2.52. The van der Waals surface area contributed by atoms with Crippen molar-refractivity contribution >= 4 is 15.9 Å². The van der Waals surface area contributed by atoms with Gasteiger partial charge in [-0.15, -0.1) is 0 Å². The minimum atomic E-state index is -0.365. The number of nitrogens with one attached hydrogen (secondary N) is 1. The summed E-state index contributed by atoms with van der Waals surface area (Å²) in [6.07, 6.45) is 1.37. The van der Waals surface area contributed by atoms with Gasteiger partial charge in [0, 0.05) is 10.5 Å². The first-order chi connectivity index (χ1) is 10.2. The van der Waals surface area contributed by atoms with Crippen LogP contribution in [0.5, 0.6) is 0 Å². The summed E-state index contributed by atoms with van der Waals surface area (Å²) >= 11 is 3.45. The summed E-state index contributed by atoms with van der Waals surface area (Å²) in [7, 11) is 0. The van der Waals surface area contributed by atoms with Crippen molar-refractivity contribution in [1.29, 1.82) is 0 Å². The van der Waals surface area contributed by atoms with Crippen LogP contribution in [-0.4, -0.2) is 11.7 Å². The monoisotopic (exact) mass is 347 g/mol. The van der Waals surface area contributed by atoms with Crippen molar-refractivity contribution in [2.24, 2.45) is 0 Å². The summed E-state index contributed by atoms with van der Waals surface area (Å²) in [4.78, 5) is 0. The van der Waals surface area contributed by atoms with E-state index in [1.54, 1.807) is 0 Å². The largest absolute Gasteiger partial charge is 0.388 e. The Kier molecular flexibility index (Phi) is 6.43. The van der Waals surface area contributed by atoms with E-state index in [0.29, 0.717) is 6.04 Å². The molecule has 0 heterocycles. The van der Waals surface area contributed by atoms with Crippen molar-refractivity contribution in [2.45, 2.75) is 31.9 Å². The molecule has 2 unspecified atom stereocenters. The topological polar surface area (TPSA) is 32.3 Å². The third-order valence-electron chi connectivity index (χ3n) is 3.66. The normalized spacial score (nSPS) is 13.9. The molecule has 112 valence electrons. The van der Waals surface area contributed by atoms with E-state index in [1.165, 1.54) is 5.56 Å². The molecular formula is C18H22BrNO. The number of aliphatic hydroxyl groups is 1. The van der Waals surface area contributed by atoms with E-state index in [0.717, 1.165) is 29.4 Å². The van der Waals surface area contributed by atoms with Crippen LogP contribution in [0.2, 0.25) is 0 Å². The van der Waals surface area contributed by atoms with Crippen LogP contribution in [0.4, 0.5) is 0 Å². The van der Waals surface area contributed by atoms with Crippen LogP contribution >= 0.6 is 15.9 Å². The predicted molar refractivity (Wildman–Crippen MR) is 91.2 cm³/mol. The average molecular weight is 348 g/mol. The Balaban J connectivity index is 1.71. The molecule has 0 aromatic heterocycles. The molecule has 3 heteroatoms. The SMILES string of the molecule is CC(NCCCC(O)c1ccccc1)c1ccc(Br)cc1. The second kappa shape index (κ2) is 8.32. The van der Waals surface area contributed by atoms with Gasteiger partial charge in [-0.3, -0.25) is 0 Å². The van der Waals surface area contributed by atoms with E-state index in [2.05, 4.69) is 52.4 Å². The lowest BCUT2D eigenvalue weighted by molar-refractivity contribution is 0.164. The number of hydrogen-bond acceptors (Lipinski definition) is 2. The Labute approximate surface area is 135 Å². The van der Waals surface area contributed by atoms with Crippen LogP contribution in [0.1, 0.15) is 43.0 Å². The molecule has 2 nitrogen and oxygen atoms in total. The quantitative estimate of drug-likeness (QED) is 0.716. The Hall–Kier alpha value is -1.16. The summed E-state index contributed by atoms with van der Waals surface area (Å²) < 4.78 is 1.10. The van der Waals surface area contributed by atoms with Gasteiger partial charge in [-0.1, -0.05) is 58.4 Å². The van der Waals surface area contributed by atoms with Gasteiger partial charge in [-0.25, -0.2) is 0 Å². The molecule has 21 heavy (non-hydrogen) atoms. The third-order valence-corrected chi connectivity index (χ3v) is 4.19. The van der Waals surface area contributed by atoms with E-state index in [1.807, 2.05) is 30.3 Å². The Morgan fingerprint density at radius 3 is 2.33 bits per heavy atom. The highest BCUT2D eigenvalue weighted by Gasteiger charge is 2.07. The molecule has 0 saturated carbocycles. The fraction of sp³-hybridized carbons (Fsp3) is 0.333. The first-order valence-corrected chi connectivity index (χ1v) is 8.18. The number of aliphatic hydroxyl groups excluding tert-OH is 1. The molecule has 0 aliphatic rings. The lowest BCUT2D eigenvalue weighted by Crippen LogP contribution is -2.20. The van der Waals surface area contributed by atoms with Crippen molar-refractivity contribution in [3.63, 3.8) is 0 Å². The van der Waals surface area contributed by atoms with Gasteiger partial charge in [-0.2, -0.15) is 0 Å². The minimum Gasteiger partial charge on any atom is -0.388 e. The molecule has 0 amide bonds. The predicted octanol–water partition coefficient (Wildman–Crippen LogP) is 4.61. The fourth-order valence-electron chi connectivity index (χ4n) is 2.33. The van der Waals surface area contributed by atoms with E-state index < -0.39 is 0 Å². The zero-order valence-electron chi connectivity index (χ0n) is 12.3. The maximum Gasteiger partial charge on any atom is 0.0790 e. The standard InChI is InChI=1S/C18H22BrNO/c1-14(15-9-11-17(19)12-10-15)20-13-5-8-18(21)16-6-3-2-4-7-16/h2-4,6-7,9-12,14,18,20-21H,5,8,13H2,1H3. The van der Waals surface area contributed by atoms with Crippen LogP contribution in [0.25, 0.3) is 0 Å². The summed E-state index contributed by atoms with van der Waals surface area (Å²) in [6.45, 7) is 3.07. The molecule has 0 saturated heterocycles. The van der Waals surface area contributed by atoms with Crippen LogP contribution in [-0.2, 0) is 0 Å². The molecule has 2 aromatic rings. The smallest absolute Gasteiger partial charge is 0.0790 e. The van der Waals surface area contributed by atoms with E-state index in [-0.39, 0.29) is 6.10 Å². The highest BCUT2D eigenvalue weighted by Crippen LogP contribution is 2.19. The maximum absolute atomic E-state index is 10.1. The van der Waals surface area contributed by atoms with Crippen molar-refractivity contribution in [1.82, 2.24) is 5.32 Å². The maximum atomic E-state index is 10.1. The van der Waals surface area contributed by atoms with Gasteiger partial charge in [0.2, 0.25) is 0 Å². The Morgan fingerprint density at radius 2 is 1.67 bits per heavy atom. The second-order valence-corrected chi connectivity index (χ2v) is 6.21. The third kappa shape index (κ3) is 5.27. The summed E-state index contributed by atoms with van der Waals surface area (Å²) in [5.41, 5.74) is 2.28. The number of benzene rings is 2. The van der Waals surface area contributed by atoms with E-state index in [4.69, 9.17) is 0 Å². The van der Waals surface area contributed by atoms with Crippen LogP contribution in [0, 0.1) is 0 Å². The van der Waals surface area contributed by atoms with Crippen molar-refractivity contribution in [3.05, 3.63) is 70.2 Å². The fourth-order valence-corrected chi connectivity index (χ4v) is 2.59. The van der Waals surface area contributed by atoms with Crippen LogP contribution in [0.15, 0.2) is 59.1 Å². The lowest BCUT2D eigenvalue weighted by atomic mass is 10.0. The van der Waals surface area contributed by atoms with Gasteiger partial charge in [-0.05, 0) is 49.6 Å². The Morgan fingerprint density at radius 1 is 1.00 bits per heavy atom. The van der Waals surface area contributed by atoms with Crippen LogP contribution < -0.4 is 5.32 Å². The molecule has 2 aromatic carbocycles. The number of hydrogen-bond donors (Lipinski definition) is 2. The molecule has 0 aliphatic heterocycles. The van der Waals surface area contributed by atoms with Gasteiger partial charge in [0.25, 0.3) is 0 Å². The number of halogens is 1. The molecule has 0 radical (unpaired) electrons. The molecule has 2 N–H and O–H groups in total. The Bertz CT molecular complexity index is 527. The van der Waals surface area contributed by atoms with Gasteiger partial charge in [0.15, 0.2) is 0 Å². The van der Waals surface area contributed by atoms with Gasteiger partial charge >= 0.3 is 0 Å². The molecule has 2 atom stereocenters. The van der Waals surface area contributed by atoms with E-state index >= 15 is 0 Å². The summed E-state index contributed by atoms with van der Waals surface area (Å²) in [6, 6.07) is 18.6. The molecule has 0 fully saturated rings. The lowest BCUT2D eigenvalue weighted by Gasteiger charge is -2.15. The molecule has 0 spiro atoms. The molecule has 2 rings (SSSR count). The van der Waals surface area contributed by atoms with E-state index in [9.17, 15) is 5.11 Å². The zero-order chi connectivity index (χ0) is 15.1. The minimum absolute atomic E-state index is 0.326. The molecule has 0 bridgehead atoms. The van der Waals surface area contributed by atoms with Crippen molar-refractivity contribution in [3.8, 4) is 0 Å². The van der Waals surface area contributed by atoms with Gasteiger partial charge < -0.3 is 10.4 Å². The first-order valence-electron chi connectivity index (χ1n) is 7.38. The number of rotatable bonds is 7. The molecule has 0 aliphatic carbocycles. The zero-order valence-corrected chi connectivity index (χ0v) is 13.9. The van der Waals surface area contributed by atoms with Crippen LogP contribution in [0.3, 0.4) is 0 Å². The first kappa shape index (κ1) is 16.2. The summed E-state index contributed by atoms with van der Waals surface area (Å²) in [5, 5.41) is 13.6.